The van der Waals surface area contributed by atoms with Crippen molar-refractivity contribution >= 4 is 5.82 Å². The van der Waals surface area contributed by atoms with Crippen LogP contribution in [0.15, 0.2) is 30.6 Å². The second-order valence-corrected chi connectivity index (χ2v) is 4.54. The third-order valence-corrected chi connectivity index (χ3v) is 3.04. The van der Waals surface area contributed by atoms with Crippen molar-refractivity contribution in [1.29, 1.82) is 0 Å². The predicted octanol–water partition coefficient (Wildman–Crippen LogP) is 2.85. The van der Waals surface area contributed by atoms with Crippen LogP contribution in [0, 0.1) is 0 Å². The van der Waals surface area contributed by atoms with E-state index in [0.717, 1.165) is 29.4 Å². The van der Waals surface area contributed by atoms with Crippen LogP contribution in [0.2, 0.25) is 0 Å². The number of hydrogen-bond donors (Lipinski definition) is 1. The van der Waals surface area contributed by atoms with Crippen LogP contribution >= 0.6 is 0 Å². The molecule has 1 N–H and O–H groups in total. The molecule has 0 saturated heterocycles. The van der Waals surface area contributed by atoms with Crippen molar-refractivity contribution in [2.45, 2.75) is 25.7 Å². The molecule has 18 heavy (non-hydrogen) atoms. The fourth-order valence-corrected chi connectivity index (χ4v) is 1.96. The molecule has 3 rings (SSSR count). The highest BCUT2D eigenvalue weighted by Crippen LogP contribution is 2.40. The van der Waals surface area contributed by atoms with Gasteiger partial charge in [0.1, 0.15) is 5.82 Å². The lowest BCUT2D eigenvalue weighted by molar-refractivity contribution is 0.987. The van der Waals surface area contributed by atoms with Crippen molar-refractivity contribution < 1.29 is 0 Å². The molecule has 4 nitrogen and oxygen atoms in total. The Bertz CT molecular complexity index is 535. The highest BCUT2D eigenvalue weighted by molar-refractivity contribution is 5.57. The Hall–Kier alpha value is -1.97. The molecule has 2 aromatic heterocycles. The van der Waals surface area contributed by atoms with E-state index in [4.69, 9.17) is 0 Å². The molecule has 0 atom stereocenters. The van der Waals surface area contributed by atoms with Crippen LogP contribution in [0.3, 0.4) is 0 Å². The normalized spacial score (nSPS) is 14.5. The number of pyridine rings is 1. The van der Waals surface area contributed by atoms with Crippen LogP contribution in [0.5, 0.6) is 0 Å². The summed E-state index contributed by atoms with van der Waals surface area (Å²) in [5, 5.41) is 3.27. The zero-order valence-corrected chi connectivity index (χ0v) is 10.4. The van der Waals surface area contributed by atoms with E-state index in [1.54, 1.807) is 12.4 Å². The highest BCUT2D eigenvalue weighted by Gasteiger charge is 2.26. The molecule has 2 aromatic rings. The molecule has 0 spiro atoms. The van der Waals surface area contributed by atoms with Gasteiger partial charge in [-0.3, -0.25) is 4.98 Å². The Morgan fingerprint density at radius 2 is 2.00 bits per heavy atom. The maximum absolute atomic E-state index is 4.67. The first-order chi connectivity index (χ1) is 8.86. The van der Waals surface area contributed by atoms with Crippen molar-refractivity contribution in [2.75, 3.05) is 11.9 Å². The molecule has 0 aromatic carbocycles. The largest absolute Gasteiger partial charge is 0.370 e. The average molecular weight is 240 g/mol. The molecule has 0 radical (unpaired) electrons. The van der Waals surface area contributed by atoms with Gasteiger partial charge in [-0.25, -0.2) is 9.97 Å². The van der Waals surface area contributed by atoms with E-state index in [-0.39, 0.29) is 0 Å². The van der Waals surface area contributed by atoms with Gasteiger partial charge in [0.25, 0.3) is 0 Å². The molecule has 0 aliphatic heterocycles. The standard InChI is InChI=1S/C14H16N4/c1-2-16-13-9-12(10-3-4-10)17-14(18-13)11-5-7-15-8-6-11/h5-10H,2-4H2,1H3,(H,16,17,18). The molecule has 1 aliphatic rings. The number of nitrogens with zero attached hydrogens (tertiary/aromatic N) is 3. The van der Waals surface area contributed by atoms with Crippen molar-refractivity contribution in [3.63, 3.8) is 0 Å². The average Bonchev–Trinajstić information content (AvgIpc) is 3.24. The summed E-state index contributed by atoms with van der Waals surface area (Å²) < 4.78 is 0. The third kappa shape index (κ3) is 2.32. The number of aromatic nitrogens is 3. The Labute approximate surface area is 107 Å². The minimum absolute atomic E-state index is 0.631. The fraction of sp³-hybridized carbons (Fsp3) is 0.357. The molecule has 1 fully saturated rings. The number of anilines is 1. The first-order valence-electron chi connectivity index (χ1n) is 6.40. The number of rotatable bonds is 4. The molecule has 0 amide bonds. The minimum Gasteiger partial charge on any atom is -0.370 e. The Balaban J connectivity index is 2.02. The summed E-state index contributed by atoms with van der Waals surface area (Å²) in [5.41, 5.74) is 2.18. The van der Waals surface area contributed by atoms with E-state index in [2.05, 4.69) is 33.3 Å². The van der Waals surface area contributed by atoms with Crippen molar-refractivity contribution in [3.05, 3.63) is 36.3 Å². The molecule has 1 aliphatic carbocycles. The van der Waals surface area contributed by atoms with Gasteiger partial charge in [-0.1, -0.05) is 0 Å². The van der Waals surface area contributed by atoms with Crippen LogP contribution in [-0.4, -0.2) is 21.5 Å². The molecular weight excluding hydrogens is 224 g/mol. The fourth-order valence-electron chi connectivity index (χ4n) is 1.96. The van der Waals surface area contributed by atoms with Gasteiger partial charge in [0.2, 0.25) is 0 Å². The summed E-state index contributed by atoms with van der Waals surface area (Å²) in [6.45, 7) is 2.95. The molecule has 0 unspecified atom stereocenters. The second kappa shape index (κ2) is 4.72. The van der Waals surface area contributed by atoms with Gasteiger partial charge in [0.15, 0.2) is 5.82 Å². The molecule has 92 valence electrons. The Morgan fingerprint density at radius 1 is 1.22 bits per heavy atom. The zero-order valence-electron chi connectivity index (χ0n) is 10.4. The molecule has 0 bridgehead atoms. The highest BCUT2D eigenvalue weighted by atomic mass is 15.0. The SMILES string of the molecule is CCNc1cc(C2CC2)nc(-c2ccncc2)n1. The van der Waals surface area contributed by atoms with Crippen LogP contribution in [0.25, 0.3) is 11.4 Å². The maximum atomic E-state index is 4.67. The third-order valence-electron chi connectivity index (χ3n) is 3.04. The smallest absolute Gasteiger partial charge is 0.161 e. The second-order valence-electron chi connectivity index (χ2n) is 4.54. The summed E-state index contributed by atoms with van der Waals surface area (Å²) in [6, 6.07) is 5.97. The lowest BCUT2D eigenvalue weighted by atomic mass is 10.2. The van der Waals surface area contributed by atoms with Crippen LogP contribution < -0.4 is 5.32 Å². The minimum atomic E-state index is 0.631. The van der Waals surface area contributed by atoms with Crippen LogP contribution in [-0.2, 0) is 0 Å². The van der Waals surface area contributed by atoms with Crippen molar-refractivity contribution in [2.24, 2.45) is 0 Å². The predicted molar refractivity (Wildman–Crippen MR) is 71.4 cm³/mol. The van der Waals surface area contributed by atoms with Crippen LogP contribution in [0.1, 0.15) is 31.4 Å². The summed E-state index contributed by atoms with van der Waals surface area (Å²) in [4.78, 5) is 13.3. The van der Waals surface area contributed by atoms with Gasteiger partial charge in [-0.05, 0) is 31.9 Å². The van der Waals surface area contributed by atoms with E-state index in [9.17, 15) is 0 Å². The van der Waals surface area contributed by atoms with Crippen LogP contribution in [0.4, 0.5) is 5.82 Å². The lowest BCUT2D eigenvalue weighted by Crippen LogP contribution is -2.03. The van der Waals surface area contributed by atoms with Gasteiger partial charge < -0.3 is 5.32 Å². The monoisotopic (exact) mass is 240 g/mol. The van der Waals surface area contributed by atoms with E-state index < -0.39 is 0 Å². The van der Waals surface area contributed by atoms with E-state index in [1.165, 1.54) is 12.8 Å². The Kier molecular flexibility index (Phi) is 2.92. The van der Waals surface area contributed by atoms with Crippen molar-refractivity contribution in [3.8, 4) is 11.4 Å². The summed E-state index contributed by atoms with van der Waals surface area (Å²) >= 11 is 0. The van der Waals surface area contributed by atoms with E-state index >= 15 is 0 Å². The van der Waals surface area contributed by atoms with Gasteiger partial charge in [0.05, 0.1) is 0 Å². The first-order valence-corrected chi connectivity index (χ1v) is 6.40. The van der Waals surface area contributed by atoms with Gasteiger partial charge >= 0.3 is 0 Å². The van der Waals surface area contributed by atoms with E-state index in [1.807, 2.05) is 12.1 Å². The quantitative estimate of drug-likeness (QED) is 0.892. The molecule has 1 saturated carbocycles. The van der Waals surface area contributed by atoms with Gasteiger partial charge in [0, 0.05) is 42.2 Å². The summed E-state index contributed by atoms with van der Waals surface area (Å²) in [6.07, 6.45) is 6.04. The summed E-state index contributed by atoms with van der Waals surface area (Å²) in [7, 11) is 0. The van der Waals surface area contributed by atoms with Gasteiger partial charge in [-0.15, -0.1) is 0 Å². The maximum Gasteiger partial charge on any atom is 0.161 e. The van der Waals surface area contributed by atoms with Gasteiger partial charge in [-0.2, -0.15) is 0 Å². The summed E-state index contributed by atoms with van der Waals surface area (Å²) in [5.74, 6) is 2.34. The molecule has 4 heteroatoms. The first kappa shape index (κ1) is 11.1. The zero-order chi connectivity index (χ0) is 12.4. The number of nitrogens with one attached hydrogen (secondary N) is 1. The topological polar surface area (TPSA) is 50.7 Å². The lowest BCUT2D eigenvalue weighted by Gasteiger charge is -2.08. The molecular formula is C14H16N4. The number of hydrogen-bond acceptors (Lipinski definition) is 4. The van der Waals surface area contributed by atoms with Crippen molar-refractivity contribution in [1.82, 2.24) is 15.0 Å². The Morgan fingerprint density at radius 3 is 2.67 bits per heavy atom. The molecule has 2 heterocycles. The van der Waals surface area contributed by atoms with E-state index in [0.29, 0.717) is 5.92 Å².